The van der Waals surface area contributed by atoms with E-state index >= 15 is 0 Å². The number of carbonyl (C=O) groups is 2. The number of hydrogen-bond acceptors (Lipinski definition) is 5. The van der Waals surface area contributed by atoms with E-state index in [-0.39, 0.29) is 16.7 Å². The highest BCUT2D eigenvalue weighted by Crippen LogP contribution is 2.21. The summed E-state index contributed by atoms with van der Waals surface area (Å²) < 4.78 is 45.6. The Hall–Kier alpha value is -5.48. The first kappa shape index (κ1) is 34.0. The van der Waals surface area contributed by atoms with Gasteiger partial charge in [0.15, 0.2) is 11.6 Å². The van der Waals surface area contributed by atoms with Crippen LogP contribution in [0.4, 0.5) is 8.78 Å². The topological polar surface area (TPSA) is 61.8 Å². The van der Waals surface area contributed by atoms with Crippen molar-refractivity contribution in [3.8, 4) is 17.6 Å². The molecule has 0 aliphatic carbocycles. The fourth-order valence-corrected chi connectivity index (χ4v) is 3.63. The number of ether oxygens (including phenoxy) is 3. The summed E-state index contributed by atoms with van der Waals surface area (Å²) in [6, 6.07) is 17.1. The van der Waals surface area contributed by atoms with Crippen LogP contribution in [-0.2, 0) is 25.5 Å². The molecule has 0 amide bonds. The molecule has 0 saturated carbocycles. The molecule has 0 N–H and O–H groups in total. The van der Waals surface area contributed by atoms with Crippen LogP contribution in [0, 0.1) is 23.5 Å². The summed E-state index contributed by atoms with van der Waals surface area (Å²) >= 11 is 0. The van der Waals surface area contributed by atoms with Crippen LogP contribution >= 0.6 is 0 Å². The molecule has 0 radical (unpaired) electrons. The molecular formula is C38H34F2O5. The van der Waals surface area contributed by atoms with Gasteiger partial charge in [0.05, 0.1) is 11.8 Å². The molecule has 230 valence electrons. The van der Waals surface area contributed by atoms with Gasteiger partial charge in [-0.15, -0.1) is 0 Å². The molecule has 0 bridgehead atoms. The number of benzene rings is 3. The van der Waals surface area contributed by atoms with Gasteiger partial charge in [-0.25, -0.2) is 18.4 Å². The fourth-order valence-electron chi connectivity index (χ4n) is 3.63. The van der Waals surface area contributed by atoms with Gasteiger partial charge < -0.3 is 14.2 Å². The highest BCUT2D eigenvalue weighted by molar-refractivity contribution is 5.88. The first-order chi connectivity index (χ1) is 21.3. The van der Waals surface area contributed by atoms with E-state index in [1.54, 1.807) is 58.0 Å². The summed E-state index contributed by atoms with van der Waals surface area (Å²) in [5, 5.41) is 0. The summed E-state index contributed by atoms with van der Waals surface area (Å²) in [5.41, 5.74) is 3.85. The predicted molar refractivity (Wildman–Crippen MR) is 172 cm³/mol. The van der Waals surface area contributed by atoms with E-state index in [9.17, 15) is 18.4 Å². The number of carbonyl (C=O) groups excluding carboxylic acids is 2. The maximum atomic E-state index is 14.8. The highest BCUT2D eigenvalue weighted by atomic mass is 19.2. The van der Waals surface area contributed by atoms with Crippen LogP contribution in [0.2, 0.25) is 0 Å². The largest absolute Gasteiger partial charge is 0.459 e. The van der Waals surface area contributed by atoms with E-state index in [4.69, 9.17) is 14.2 Å². The van der Waals surface area contributed by atoms with Crippen molar-refractivity contribution < 1.29 is 32.6 Å². The molecule has 3 aromatic rings. The number of allylic oxidation sites excluding steroid dienone is 3. The minimum absolute atomic E-state index is 0.0691. The van der Waals surface area contributed by atoms with E-state index < -0.39 is 23.6 Å². The van der Waals surface area contributed by atoms with Crippen molar-refractivity contribution in [3.63, 3.8) is 0 Å². The SMILES string of the molecule is C=C(C)C(=O)O/C=C(\C)Cc1ccc(/C=C/c2ccc(C#Cc3ccc(O/C(C)=C(\C)OC(=O)C(=C)C)cc3)c(F)c2F)cc1. The van der Waals surface area contributed by atoms with Crippen molar-refractivity contribution in [1.82, 2.24) is 0 Å². The van der Waals surface area contributed by atoms with Crippen LogP contribution in [0.25, 0.3) is 12.2 Å². The maximum Gasteiger partial charge on any atom is 0.338 e. The summed E-state index contributed by atoms with van der Waals surface area (Å²) in [6.45, 7) is 15.3. The number of halogens is 2. The van der Waals surface area contributed by atoms with Crippen LogP contribution in [0.3, 0.4) is 0 Å². The fraction of sp³-hybridized carbons (Fsp3) is 0.158. The number of esters is 2. The average molecular weight is 609 g/mol. The van der Waals surface area contributed by atoms with Crippen LogP contribution in [0.1, 0.15) is 62.4 Å². The molecular weight excluding hydrogens is 574 g/mol. The van der Waals surface area contributed by atoms with Gasteiger partial charge in [0.25, 0.3) is 0 Å². The molecule has 0 aromatic heterocycles. The zero-order chi connectivity index (χ0) is 33.1. The zero-order valence-corrected chi connectivity index (χ0v) is 25.9. The monoisotopic (exact) mass is 608 g/mol. The molecule has 3 rings (SSSR count). The summed E-state index contributed by atoms with van der Waals surface area (Å²) in [5.74, 6) is 3.67. The Bertz CT molecular complexity index is 1760. The Kier molecular flexibility index (Phi) is 12.0. The van der Waals surface area contributed by atoms with E-state index in [0.29, 0.717) is 34.8 Å². The van der Waals surface area contributed by atoms with Crippen molar-refractivity contribution in [3.05, 3.63) is 148 Å². The van der Waals surface area contributed by atoms with Gasteiger partial charge in [-0.3, -0.25) is 0 Å². The molecule has 0 atom stereocenters. The van der Waals surface area contributed by atoms with Crippen LogP contribution in [0.5, 0.6) is 5.75 Å². The molecule has 0 fully saturated rings. The van der Waals surface area contributed by atoms with Crippen LogP contribution in [0.15, 0.2) is 108 Å². The highest BCUT2D eigenvalue weighted by Gasteiger charge is 2.11. The molecule has 7 heteroatoms. The minimum Gasteiger partial charge on any atom is -0.459 e. The standard InChI is InChI=1S/C38H34F2O5/c1-24(2)37(41)43-23-26(5)22-31-10-8-29(9-11-31)12-16-32-18-19-33(36(40)35(32)39)17-13-30-14-20-34(21-15-30)44-27(6)28(7)45-38(42)25(3)4/h8-12,14-16,18-21,23H,1,3,22H2,2,4-7H3/b16-12+,26-23+,28-27+. The maximum absolute atomic E-state index is 14.8. The van der Waals surface area contributed by atoms with Crippen LogP contribution < -0.4 is 4.74 Å². The smallest absolute Gasteiger partial charge is 0.338 e. The van der Waals surface area contributed by atoms with Gasteiger partial charge in [-0.05, 0) is 88.1 Å². The van der Waals surface area contributed by atoms with Gasteiger partial charge in [0.2, 0.25) is 0 Å². The molecule has 5 nitrogen and oxygen atoms in total. The molecule has 0 aliphatic heterocycles. The minimum atomic E-state index is -1.03. The normalized spacial score (nSPS) is 11.7. The summed E-state index contributed by atoms with van der Waals surface area (Å²) in [7, 11) is 0. The van der Waals surface area contributed by atoms with E-state index in [0.717, 1.165) is 16.7 Å². The second-order valence-electron chi connectivity index (χ2n) is 10.4. The molecule has 0 heterocycles. The first-order valence-corrected chi connectivity index (χ1v) is 14.0. The average Bonchev–Trinajstić information content (AvgIpc) is 3.01. The van der Waals surface area contributed by atoms with Gasteiger partial charge in [0, 0.05) is 22.3 Å². The lowest BCUT2D eigenvalue weighted by molar-refractivity contribution is -0.135. The van der Waals surface area contributed by atoms with Crippen molar-refractivity contribution in [1.29, 1.82) is 0 Å². The number of hydrogen-bond donors (Lipinski definition) is 0. The first-order valence-electron chi connectivity index (χ1n) is 14.0. The lowest BCUT2D eigenvalue weighted by atomic mass is 10.0. The Morgan fingerprint density at radius 3 is 2.02 bits per heavy atom. The van der Waals surface area contributed by atoms with Crippen LogP contribution in [-0.4, -0.2) is 11.9 Å². The van der Waals surface area contributed by atoms with Gasteiger partial charge in [-0.2, -0.15) is 0 Å². The Labute approximate surface area is 262 Å². The van der Waals surface area contributed by atoms with E-state index in [1.807, 2.05) is 31.2 Å². The van der Waals surface area contributed by atoms with Crippen molar-refractivity contribution >= 4 is 24.1 Å². The Morgan fingerprint density at radius 2 is 1.40 bits per heavy atom. The zero-order valence-electron chi connectivity index (χ0n) is 25.9. The molecule has 45 heavy (non-hydrogen) atoms. The molecule has 0 saturated heterocycles. The molecule has 0 spiro atoms. The molecule has 3 aromatic carbocycles. The third kappa shape index (κ3) is 10.3. The number of rotatable bonds is 10. The van der Waals surface area contributed by atoms with Crippen molar-refractivity contribution in [2.75, 3.05) is 0 Å². The Morgan fingerprint density at radius 1 is 0.756 bits per heavy atom. The quantitative estimate of drug-likeness (QED) is 0.0757. The predicted octanol–water partition coefficient (Wildman–Crippen LogP) is 8.85. The van der Waals surface area contributed by atoms with Gasteiger partial charge in [0.1, 0.15) is 17.3 Å². The van der Waals surface area contributed by atoms with E-state index in [1.165, 1.54) is 24.5 Å². The lowest BCUT2D eigenvalue weighted by Crippen LogP contribution is -2.06. The lowest BCUT2D eigenvalue weighted by Gasteiger charge is -2.10. The van der Waals surface area contributed by atoms with Gasteiger partial charge >= 0.3 is 11.9 Å². The third-order valence-corrected chi connectivity index (χ3v) is 6.30. The third-order valence-electron chi connectivity index (χ3n) is 6.30. The van der Waals surface area contributed by atoms with Gasteiger partial charge in [-0.1, -0.05) is 67.5 Å². The second kappa shape index (κ2) is 15.8. The summed E-state index contributed by atoms with van der Waals surface area (Å²) in [6.07, 6.45) is 5.19. The van der Waals surface area contributed by atoms with Crippen molar-refractivity contribution in [2.45, 2.75) is 41.0 Å². The molecule has 0 aliphatic rings. The molecule has 0 unspecified atom stereocenters. The van der Waals surface area contributed by atoms with Crippen molar-refractivity contribution in [2.24, 2.45) is 0 Å². The van der Waals surface area contributed by atoms with E-state index in [2.05, 4.69) is 25.0 Å². The second-order valence-corrected chi connectivity index (χ2v) is 10.4. The Balaban J connectivity index is 1.64. The summed E-state index contributed by atoms with van der Waals surface area (Å²) in [4.78, 5) is 23.2.